The first-order chi connectivity index (χ1) is 15.2. The average molecular weight is 424 g/mol. The Balaban J connectivity index is 1.19. The van der Waals surface area contributed by atoms with Gasteiger partial charge >= 0.3 is 0 Å². The normalized spacial score (nSPS) is 14.7. The van der Waals surface area contributed by atoms with E-state index < -0.39 is 6.10 Å². The molecule has 1 aliphatic heterocycles. The molecule has 0 spiro atoms. The lowest BCUT2D eigenvalue weighted by Gasteiger charge is -2.13. The molecule has 2 heterocycles. The summed E-state index contributed by atoms with van der Waals surface area (Å²) in [6.45, 7) is 3.41. The van der Waals surface area contributed by atoms with Crippen molar-refractivity contribution in [1.82, 2.24) is 15.2 Å². The number of aromatic amines is 1. The van der Waals surface area contributed by atoms with E-state index in [4.69, 9.17) is 9.47 Å². The number of ether oxygens (including phenoxy) is 2. The highest BCUT2D eigenvalue weighted by molar-refractivity contribution is 5.98. The molecule has 0 aliphatic carbocycles. The fraction of sp³-hybridized carbons (Fsp3) is 0.375. The van der Waals surface area contributed by atoms with Crippen LogP contribution in [-0.4, -0.2) is 66.4 Å². The lowest BCUT2D eigenvalue weighted by atomic mass is 10.2. The molecule has 3 aromatic rings. The maximum Gasteiger partial charge on any atom is 0.270 e. The van der Waals surface area contributed by atoms with E-state index in [0.29, 0.717) is 25.4 Å². The van der Waals surface area contributed by atoms with Crippen LogP contribution < -0.4 is 14.8 Å². The number of amides is 1. The second kappa shape index (κ2) is 10.3. The smallest absolute Gasteiger partial charge is 0.270 e. The van der Waals surface area contributed by atoms with E-state index in [1.165, 1.54) is 0 Å². The van der Waals surface area contributed by atoms with Crippen LogP contribution in [0.3, 0.4) is 0 Å². The number of hydrogen-bond acceptors (Lipinski definition) is 5. The van der Waals surface area contributed by atoms with Crippen molar-refractivity contribution in [1.29, 1.82) is 0 Å². The molecule has 0 bridgehead atoms. The number of benzene rings is 2. The molecule has 1 unspecified atom stereocenters. The van der Waals surface area contributed by atoms with Gasteiger partial charge < -0.3 is 29.8 Å². The molecule has 3 N–H and O–H groups in total. The van der Waals surface area contributed by atoms with Crippen LogP contribution in [0.2, 0.25) is 0 Å². The highest BCUT2D eigenvalue weighted by Crippen LogP contribution is 2.23. The van der Waals surface area contributed by atoms with E-state index >= 15 is 0 Å². The molecule has 2 aromatic carbocycles. The summed E-state index contributed by atoms with van der Waals surface area (Å²) >= 11 is 0. The van der Waals surface area contributed by atoms with Crippen molar-refractivity contribution in [3.8, 4) is 11.5 Å². The molecule has 1 atom stereocenters. The fourth-order valence-electron chi connectivity index (χ4n) is 3.68. The van der Waals surface area contributed by atoms with Gasteiger partial charge in [-0.2, -0.15) is 0 Å². The molecule has 7 heteroatoms. The minimum absolute atomic E-state index is 0.0650. The number of carbonyl (C=O) groups excluding carboxylic acids is 1. The van der Waals surface area contributed by atoms with E-state index in [9.17, 15) is 9.90 Å². The summed E-state index contributed by atoms with van der Waals surface area (Å²) in [5.41, 5.74) is 1.55. The number of fused-ring (bicyclic) bond motifs is 1. The molecule has 7 nitrogen and oxygen atoms in total. The quantitative estimate of drug-likeness (QED) is 0.437. The SMILES string of the molecule is O=C(c1cc2cc(OCCNCC(O)COc3ccccc3)ccc2[nH]1)N1CCCC1. The first-order valence-corrected chi connectivity index (χ1v) is 10.8. The predicted octanol–water partition coefficient (Wildman–Crippen LogP) is 2.81. The molecule has 0 radical (unpaired) electrons. The maximum absolute atomic E-state index is 12.6. The molecule has 1 saturated heterocycles. The van der Waals surface area contributed by atoms with E-state index in [2.05, 4.69) is 10.3 Å². The van der Waals surface area contributed by atoms with Crippen molar-refractivity contribution >= 4 is 16.8 Å². The summed E-state index contributed by atoms with van der Waals surface area (Å²) in [5, 5.41) is 14.1. The third kappa shape index (κ3) is 5.77. The number of nitrogens with zero attached hydrogens (tertiary/aromatic N) is 1. The number of rotatable bonds is 10. The van der Waals surface area contributed by atoms with E-state index in [1.807, 2.05) is 59.5 Å². The number of para-hydroxylation sites is 1. The molecule has 1 amide bonds. The van der Waals surface area contributed by atoms with Crippen molar-refractivity contribution in [2.45, 2.75) is 18.9 Å². The van der Waals surface area contributed by atoms with Crippen LogP contribution in [0.25, 0.3) is 10.9 Å². The van der Waals surface area contributed by atoms with Gasteiger partial charge in [0.2, 0.25) is 0 Å². The zero-order valence-corrected chi connectivity index (χ0v) is 17.5. The zero-order valence-electron chi connectivity index (χ0n) is 17.5. The Morgan fingerprint density at radius 2 is 1.87 bits per heavy atom. The summed E-state index contributed by atoms with van der Waals surface area (Å²) in [4.78, 5) is 17.7. The summed E-state index contributed by atoms with van der Waals surface area (Å²) in [6.07, 6.45) is 1.56. The fourth-order valence-corrected chi connectivity index (χ4v) is 3.68. The van der Waals surface area contributed by atoms with Crippen molar-refractivity contribution in [2.24, 2.45) is 0 Å². The maximum atomic E-state index is 12.6. The zero-order chi connectivity index (χ0) is 21.5. The van der Waals surface area contributed by atoms with Crippen LogP contribution in [0, 0.1) is 0 Å². The summed E-state index contributed by atoms with van der Waals surface area (Å²) in [6, 6.07) is 17.1. The van der Waals surface area contributed by atoms with Gasteiger partial charge in [-0.3, -0.25) is 4.79 Å². The van der Waals surface area contributed by atoms with Gasteiger partial charge in [-0.1, -0.05) is 18.2 Å². The largest absolute Gasteiger partial charge is 0.492 e. The van der Waals surface area contributed by atoms with Crippen molar-refractivity contribution < 1.29 is 19.4 Å². The lowest BCUT2D eigenvalue weighted by Crippen LogP contribution is -2.33. The van der Waals surface area contributed by atoms with Gasteiger partial charge in [-0.15, -0.1) is 0 Å². The second-order valence-electron chi connectivity index (χ2n) is 7.76. The second-order valence-corrected chi connectivity index (χ2v) is 7.76. The van der Waals surface area contributed by atoms with Gasteiger partial charge in [0.05, 0.1) is 0 Å². The third-order valence-corrected chi connectivity index (χ3v) is 5.33. The van der Waals surface area contributed by atoms with Crippen LogP contribution >= 0.6 is 0 Å². The molecule has 1 aliphatic rings. The van der Waals surface area contributed by atoms with Crippen LogP contribution in [-0.2, 0) is 0 Å². The molecule has 1 fully saturated rings. The first kappa shape index (κ1) is 21.2. The number of likely N-dealkylation sites (tertiary alicyclic amines) is 1. The van der Waals surface area contributed by atoms with Gasteiger partial charge in [0.15, 0.2) is 0 Å². The Morgan fingerprint density at radius 1 is 1.06 bits per heavy atom. The number of aromatic nitrogens is 1. The number of hydrogen-bond donors (Lipinski definition) is 3. The molecule has 4 rings (SSSR count). The van der Waals surface area contributed by atoms with Gasteiger partial charge in [-0.05, 0) is 49.2 Å². The molecule has 164 valence electrons. The third-order valence-electron chi connectivity index (χ3n) is 5.33. The highest BCUT2D eigenvalue weighted by atomic mass is 16.5. The molecule has 0 saturated carbocycles. The average Bonchev–Trinajstić information content (AvgIpc) is 3.47. The van der Waals surface area contributed by atoms with Crippen LogP contribution in [0.5, 0.6) is 11.5 Å². The Hall–Kier alpha value is -3.03. The minimum Gasteiger partial charge on any atom is -0.492 e. The van der Waals surface area contributed by atoms with E-state index in [1.54, 1.807) is 0 Å². The number of carbonyl (C=O) groups is 1. The van der Waals surface area contributed by atoms with Gasteiger partial charge in [0.25, 0.3) is 5.91 Å². The first-order valence-electron chi connectivity index (χ1n) is 10.8. The van der Waals surface area contributed by atoms with Crippen molar-refractivity contribution in [2.75, 3.05) is 39.4 Å². The number of nitrogens with one attached hydrogen (secondary N) is 2. The van der Waals surface area contributed by atoms with Crippen molar-refractivity contribution in [3.63, 3.8) is 0 Å². The van der Waals surface area contributed by atoms with Crippen molar-refractivity contribution in [3.05, 3.63) is 60.3 Å². The molecular formula is C24H29N3O4. The summed E-state index contributed by atoms with van der Waals surface area (Å²) in [5.74, 6) is 1.56. The Kier molecular flexibility index (Phi) is 7.07. The lowest BCUT2D eigenvalue weighted by molar-refractivity contribution is 0.0788. The monoisotopic (exact) mass is 423 g/mol. The topological polar surface area (TPSA) is 86.8 Å². The van der Waals surface area contributed by atoms with Gasteiger partial charge in [0.1, 0.15) is 36.5 Å². The van der Waals surface area contributed by atoms with E-state index in [0.717, 1.165) is 48.3 Å². The standard InChI is InChI=1S/C24H29N3O4/c28-19(17-31-20-6-2-1-3-7-20)16-25-10-13-30-21-8-9-22-18(14-21)15-23(26-22)24(29)27-11-4-5-12-27/h1-3,6-9,14-15,19,25-26,28H,4-5,10-13,16-17H2. The molecule has 1 aromatic heterocycles. The molecular weight excluding hydrogens is 394 g/mol. The Labute approximate surface area is 182 Å². The number of aliphatic hydroxyl groups excluding tert-OH is 1. The Morgan fingerprint density at radius 3 is 2.68 bits per heavy atom. The molecule has 31 heavy (non-hydrogen) atoms. The Bertz CT molecular complexity index is 983. The van der Waals surface area contributed by atoms with Crippen LogP contribution in [0.15, 0.2) is 54.6 Å². The van der Waals surface area contributed by atoms with Crippen LogP contribution in [0.4, 0.5) is 0 Å². The number of aliphatic hydroxyl groups is 1. The van der Waals surface area contributed by atoms with Gasteiger partial charge in [0, 0.05) is 37.1 Å². The minimum atomic E-state index is -0.594. The van der Waals surface area contributed by atoms with Crippen LogP contribution in [0.1, 0.15) is 23.3 Å². The number of H-pyrrole nitrogens is 1. The predicted molar refractivity (Wildman–Crippen MR) is 120 cm³/mol. The highest BCUT2D eigenvalue weighted by Gasteiger charge is 2.21. The summed E-state index contributed by atoms with van der Waals surface area (Å²) in [7, 11) is 0. The summed E-state index contributed by atoms with van der Waals surface area (Å²) < 4.78 is 11.3. The van der Waals surface area contributed by atoms with E-state index in [-0.39, 0.29) is 12.5 Å². The van der Waals surface area contributed by atoms with Gasteiger partial charge in [-0.25, -0.2) is 0 Å².